The number of carbonyl (C=O) groups is 1. The highest BCUT2D eigenvalue weighted by Crippen LogP contribution is 1.95. The standard InChI is InChI=1S/C6H8O2.C6H14/c1-2-3-4-5-6(7)8;1-3-5-6-4-2/h2-5H,1H3,(H,7,8);3-6H2,1-2H3. The Hall–Kier alpha value is -1.05. The van der Waals surface area contributed by atoms with Crippen molar-refractivity contribution < 1.29 is 9.90 Å². The van der Waals surface area contributed by atoms with Crippen molar-refractivity contribution in [1.29, 1.82) is 0 Å². The van der Waals surface area contributed by atoms with E-state index in [9.17, 15) is 4.79 Å². The molecule has 0 aromatic rings. The molecule has 0 aliphatic carbocycles. The van der Waals surface area contributed by atoms with Gasteiger partial charge in [-0.2, -0.15) is 0 Å². The van der Waals surface area contributed by atoms with Gasteiger partial charge in [-0.15, -0.1) is 0 Å². The van der Waals surface area contributed by atoms with E-state index >= 15 is 0 Å². The fourth-order valence-electron chi connectivity index (χ4n) is 0.749. The number of carboxylic acids is 1. The molecule has 0 aliphatic rings. The summed E-state index contributed by atoms with van der Waals surface area (Å²) < 4.78 is 0. The largest absolute Gasteiger partial charge is 0.478 e. The number of allylic oxidation sites excluding steroid dienone is 3. The summed E-state index contributed by atoms with van der Waals surface area (Å²) in [6, 6.07) is 0. The van der Waals surface area contributed by atoms with Crippen LogP contribution in [0.4, 0.5) is 0 Å². The van der Waals surface area contributed by atoms with Crippen molar-refractivity contribution >= 4 is 5.97 Å². The molecule has 0 rings (SSSR count). The van der Waals surface area contributed by atoms with Crippen LogP contribution in [0.1, 0.15) is 46.5 Å². The van der Waals surface area contributed by atoms with Crippen molar-refractivity contribution in [2.24, 2.45) is 0 Å². The zero-order valence-electron chi connectivity index (χ0n) is 9.49. The first kappa shape index (κ1) is 15.4. The van der Waals surface area contributed by atoms with Crippen LogP contribution >= 0.6 is 0 Å². The number of rotatable bonds is 5. The van der Waals surface area contributed by atoms with E-state index in [2.05, 4.69) is 13.8 Å². The van der Waals surface area contributed by atoms with Crippen LogP contribution in [0.15, 0.2) is 24.3 Å². The molecule has 0 fully saturated rings. The summed E-state index contributed by atoms with van der Waals surface area (Å²) in [6.45, 7) is 6.29. The third-order valence-corrected chi connectivity index (χ3v) is 1.50. The summed E-state index contributed by atoms with van der Waals surface area (Å²) in [6.07, 6.45) is 11.5. The van der Waals surface area contributed by atoms with Crippen LogP contribution < -0.4 is 0 Å². The minimum absolute atomic E-state index is 0.914. The van der Waals surface area contributed by atoms with Crippen molar-refractivity contribution in [3.63, 3.8) is 0 Å². The zero-order chi connectivity index (χ0) is 11.2. The molecule has 2 heteroatoms. The van der Waals surface area contributed by atoms with Crippen LogP contribution in [0.3, 0.4) is 0 Å². The molecular formula is C12H22O2. The number of carboxylic acid groups (broad SMARTS) is 1. The van der Waals surface area contributed by atoms with Crippen molar-refractivity contribution in [3.8, 4) is 0 Å². The quantitative estimate of drug-likeness (QED) is 0.414. The lowest BCUT2D eigenvalue weighted by Gasteiger charge is -1.86. The first-order chi connectivity index (χ1) is 6.68. The summed E-state index contributed by atoms with van der Waals surface area (Å²) in [5.41, 5.74) is 0. The maximum Gasteiger partial charge on any atom is 0.328 e. The van der Waals surface area contributed by atoms with Gasteiger partial charge < -0.3 is 5.11 Å². The lowest BCUT2D eigenvalue weighted by Crippen LogP contribution is -1.83. The molecule has 0 unspecified atom stereocenters. The number of hydrogen-bond acceptors (Lipinski definition) is 1. The molecule has 0 aromatic carbocycles. The first-order valence-corrected chi connectivity index (χ1v) is 5.21. The van der Waals surface area contributed by atoms with Gasteiger partial charge in [0.2, 0.25) is 0 Å². The van der Waals surface area contributed by atoms with Crippen LogP contribution in [0.2, 0.25) is 0 Å². The van der Waals surface area contributed by atoms with Crippen LogP contribution in [0.25, 0.3) is 0 Å². The highest BCUT2D eigenvalue weighted by atomic mass is 16.4. The van der Waals surface area contributed by atoms with E-state index in [1.165, 1.54) is 31.8 Å². The minimum atomic E-state index is -0.914. The first-order valence-electron chi connectivity index (χ1n) is 5.21. The highest BCUT2D eigenvalue weighted by Gasteiger charge is 1.78. The van der Waals surface area contributed by atoms with Gasteiger partial charge in [0.1, 0.15) is 0 Å². The second-order valence-corrected chi connectivity index (χ2v) is 2.93. The predicted octanol–water partition coefficient (Wildman–Crippen LogP) is 3.79. The summed E-state index contributed by atoms with van der Waals surface area (Å²) in [7, 11) is 0. The van der Waals surface area contributed by atoms with Gasteiger partial charge in [-0.25, -0.2) is 4.79 Å². The van der Waals surface area contributed by atoms with Gasteiger partial charge in [-0.3, -0.25) is 0 Å². The van der Waals surface area contributed by atoms with E-state index < -0.39 is 5.97 Å². The number of hydrogen-bond donors (Lipinski definition) is 1. The monoisotopic (exact) mass is 198 g/mol. The van der Waals surface area contributed by atoms with Gasteiger partial charge in [0.05, 0.1) is 0 Å². The fraction of sp³-hybridized carbons (Fsp3) is 0.583. The Morgan fingerprint density at radius 3 is 1.93 bits per heavy atom. The highest BCUT2D eigenvalue weighted by molar-refractivity contribution is 5.80. The molecule has 0 aliphatic heterocycles. The normalized spacial score (nSPS) is 10.2. The molecule has 2 nitrogen and oxygen atoms in total. The van der Waals surface area contributed by atoms with E-state index in [1.807, 2.05) is 6.92 Å². The minimum Gasteiger partial charge on any atom is -0.478 e. The van der Waals surface area contributed by atoms with Gasteiger partial charge in [0.15, 0.2) is 0 Å². The average molecular weight is 198 g/mol. The van der Waals surface area contributed by atoms with Crippen molar-refractivity contribution in [3.05, 3.63) is 24.3 Å². The van der Waals surface area contributed by atoms with Gasteiger partial charge in [0, 0.05) is 6.08 Å². The lowest BCUT2D eigenvalue weighted by atomic mass is 10.2. The second kappa shape index (κ2) is 14.5. The van der Waals surface area contributed by atoms with E-state index in [1.54, 1.807) is 12.2 Å². The molecule has 0 saturated heterocycles. The molecule has 82 valence electrons. The molecule has 14 heavy (non-hydrogen) atoms. The third kappa shape index (κ3) is 22.4. The molecule has 0 bridgehead atoms. The Balaban J connectivity index is 0. The molecule has 0 amide bonds. The number of unbranched alkanes of at least 4 members (excludes halogenated alkanes) is 3. The van der Waals surface area contributed by atoms with Crippen LogP contribution in [0, 0.1) is 0 Å². The van der Waals surface area contributed by atoms with Gasteiger partial charge in [-0.05, 0) is 6.92 Å². The van der Waals surface area contributed by atoms with Crippen LogP contribution in [0.5, 0.6) is 0 Å². The molecule has 0 atom stereocenters. The van der Waals surface area contributed by atoms with Gasteiger partial charge >= 0.3 is 5.97 Å². The zero-order valence-corrected chi connectivity index (χ0v) is 9.49. The molecule has 1 N–H and O–H groups in total. The topological polar surface area (TPSA) is 37.3 Å². The van der Waals surface area contributed by atoms with E-state index in [-0.39, 0.29) is 0 Å². The van der Waals surface area contributed by atoms with Gasteiger partial charge in [-0.1, -0.05) is 57.8 Å². The SMILES string of the molecule is CC=CC=CC(=O)O.CCCCCC. The van der Waals surface area contributed by atoms with Crippen LogP contribution in [-0.4, -0.2) is 11.1 Å². The molecular weight excluding hydrogens is 176 g/mol. The maximum atomic E-state index is 9.75. The lowest BCUT2D eigenvalue weighted by molar-refractivity contribution is -0.131. The summed E-state index contributed by atoms with van der Waals surface area (Å²) in [4.78, 5) is 9.75. The Morgan fingerprint density at radius 1 is 1.14 bits per heavy atom. The Labute approximate surface area is 87.3 Å². The molecule has 0 heterocycles. The fourth-order valence-corrected chi connectivity index (χ4v) is 0.749. The Bertz CT molecular complexity index is 165. The number of aliphatic carboxylic acids is 1. The van der Waals surface area contributed by atoms with Crippen LogP contribution in [-0.2, 0) is 4.79 Å². The molecule has 0 spiro atoms. The van der Waals surface area contributed by atoms with E-state index in [0.29, 0.717) is 0 Å². The predicted molar refractivity (Wildman–Crippen MR) is 61.4 cm³/mol. The van der Waals surface area contributed by atoms with E-state index in [4.69, 9.17) is 5.11 Å². The summed E-state index contributed by atoms with van der Waals surface area (Å²) in [5, 5.41) is 8.02. The Morgan fingerprint density at radius 2 is 1.64 bits per heavy atom. The van der Waals surface area contributed by atoms with E-state index in [0.717, 1.165) is 6.08 Å². The second-order valence-electron chi connectivity index (χ2n) is 2.93. The van der Waals surface area contributed by atoms with Crippen molar-refractivity contribution in [2.75, 3.05) is 0 Å². The summed E-state index contributed by atoms with van der Waals surface area (Å²) >= 11 is 0. The van der Waals surface area contributed by atoms with Crippen molar-refractivity contribution in [2.45, 2.75) is 46.5 Å². The molecule has 0 radical (unpaired) electrons. The third-order valence-electron chi connectivity index (χ3n) is 1.50. The maximum absolute atomic E-state index is 9.75. The van der Waals surface area contributed by atoms with Gasteiger partial charge in [0.25, 0.3) is 0 Å². The molecule has 0 saturated carbocycles. The average Bonchev–Trinajstić information content (AvgIpc) is 2.16. The van der Waals surface area contributed by atoms with Crippen molar-refractivity contribution in [1.82, 2.24) is 0 Å². The molecule has 0 aromatic heterocycles. The smallest absolute Gasteiger partial charge is 0.328 e. The Kier molecular flexibility index (Phi) is 15.9. The summed E-state index contributed by atoms with van der Waals surface area (Å²) in [5.74, 6) is -0.914.